The van der Waals surface area contributed by atoms with Crippen molar-refractivity contribution in [2.24, 2.45) is 0 Å². The first-order valence-electron chi connectivity index (χ1n) is 7.09. The molecule has 6 nitrogen and oxygen atoms in total. The summed E-state index contributed by atoms with van der Waals surface area (Å²) in [5, 5.41) is 1.37. The molecule has 3 fully saturated rings. The molecule has 0 aromatic heterocycles. The highest BCUT2D eigenvalue weighted by Crippen LogP contribution is 2.46. The normalized spacial score (nSPS) is 35.0. The lowest BCUT2D eigenvalue weighted by Gasteiger charge is -2.31. The molecular formula is C13H21NO5. The Kier molecular flexibility index (Phi) is 3.51. The number of hydroxylamine groups is 2. The van der Waals surface area contributed by atoms with Gasteiger partial charge in [0.15, 0.2) is 0 Å². The maximum Gasteiger partial charge on any atom is 0.246 e. The standard InChI is InChI=1S/C13H21NO5/c1-16-14-10-9-13(8-5-11(14)15)17-12(18-19-13)6-3-2-4-7-12/h2-10H2,1H3. The van der Waals surface area contributed by atoms with Crippen molar-refractivity contribution >= 4 is 5.91 Å². The van der Waals surface area contributed by atoms with Gasteiger partial charge in [-0.25, -0.2) is 5.06 Å². The second kappa shape index (κ2) is 5.01. The van der Waals surface area contributed by atoms with Crippen molar-refractivity contribution in [2.75, 3.05) is 13.7 Å². The Bertz CT molecular complexity index is 355. The quantitative estimate of drug-likeness (QED) is 0.682. The van der Waals surface area contributed by atoms with Gasteiger partial charge in [-0.2, -0.15) is 9.78 Å². The van der Waals surface area contributed by atoms with Gasteiger partial charge in [-0.15, -0.1) is 0 Å². The first-order valence-corrected chi connectivity index (χ1v) is 7.09. The van der Waals surface area contributed by atoms with Crippen LogP contribution < -0.4 is 0 Å². The van der Waals surface area contributed by atoms with Crippen LogP contribution in [-0.4, -0.2) is 36.2 Å². The minimum atomic E-state index is -0.777. The summed E-state index contributed by atoms with van der Waals surface area (Å²) in [6.45, 7) is 0.467. The average molecular weight is 271 g/mol. The Morgan fingerprint density at radius 1 is 1.05 bits per heavy atom. The van der Waals surface area contributed by atoms with Crippen LogP contribution in [0.4, 0.5) is 0 Å². The van der Waals surface area contributed by atoms with Gasteiger partial charge in [0.2, 0.25) is 17.5 Å². The van der Waals surface area contributed by atoms with E-state index in [0.717, 1.165) is 25.7 Å². The SMILES string of the molecule is CON1CCC2(CCC1=O)OOC1(CCCCC1)O2. The van der Waals surface area contributed by atoms with E-state index in [-0.39, 0.29) is 5.91 Å². The molecular weight excluding hydrogens is 250 g/mol. The fraction of sp³-hybridized carbons (Fsp3) is 0.923. The van der Waals surface area contributed by atoms with Crippen molar-refractivity contribution in [1.82, 2.24) is 5.06 Å². The number of nitrogens with zero attached hydrogens (tertiary/aromatic N) is 1. The van der Waals surface area contributed by atoms with Gasteiger partial charge < -0.3 is 4.74 Å². The largest absolute Gasteiger partial charge is 0.312 e. The highest BCUT2D eigenvalue weighted by molar-refractivity contribution is 5.75. The zero-order valence-corrected chi connectivity index (χ0v) is 11.4. The molecule has 2 spiro atoms. The van der Waals surface area contributed by atoms with Gasteiger partial charge in [-0.1, -0.05) is 6.42 Å². The first-order chi connectivity index (χ1) is 9.17. The summed E-state index contributed by atoms with van der Waals surface area (Å²) >= 11 is 0. The second-order valence-electron chi connectivity index (χ2n) is 5.58. The van der Waals surface area contributed by atoms with Crippen molar-refractivity contribution in [3.63, 3.8) is 0 Å². The van der Waals surface area contributed by atoms with E-state index in [1.165, 1.54) is 18.6 Å². The molecule has 108 valence electrons. The van der Waals surface area contributed by atoms with Gasteiger partial charge in [0.05, 0.1) is 13.7 Å². The predicted octanol–water partition coefficient (Wildman–Crippen LogP) is 1.90. The molecule has 1 atom stereocenters. The van der Waals surface area contributed by atoms with E-state index in [9.17, 15) is 4.79 Å². The summed E-state index contributed by atoms with van der Waals surface area (Å²) < 4.78 is 6.16. The Hall–Kier alpha value is -0.690. The van der Waals surface area contributed by atoms with Gasteiger partial charge in [0, 0.05) is 32.1 Å². The zero-order chi connectivity index (χ0) is 13.3. The molecule has 2 saturated heterocycles. The Morgan fingerprint density at radius 3 is 2.42 bits per heavy atom. The molecule has 0 N–H and O–H groups in total. The minimum Gasteiger partial charge on any atom is -0.312 e. The molecule has 0 aromatic carbocycles. The second-order valence-corrected chi connectivity index (χ2v) is 5.58. The number of hydrogen-bond acceptors (Lipinski definition) is 5. The van der Waals surface area contributed by atoms with Gasteiger partial charge >= 0.3 is 0 Å². The molecule has 6 heteroatoms. The van der Waals surface area contributed by atoms with Crippen LogP contribution in [0.3, 0.4) is 0 Å². The van der Waals surface area contributed by atoms with Crippen molar-refractivity contribution < 1.29 is 24.1 Å². The number of amides is 1. The molecule has 19 heavy (non-hydrogen) atoms. The summed E-state index contributed by atoms with van der Waals surface area (Å²) in [6.07, 6.45) is 6.62. The summed E-state index contributed by atoms with van der Waals surface area (Å²) in [6, 6.07) is 0. The Morgan fingerprint density at radius 2 is 1.74 bits per heavy atom. The van der Waals surface area contributed by atoms with Crippen LogP contribution in [-0.2, 0) is 24.1 Å². The van der Waals surface area contributed by atoms with Crippen LogP contribution >= 0.6 is 0 Å². The molecule has 1 aliphatic carbocycles. The van der Waals surface area contributed by atoms with E-state index in [4.69, 9.17) is 19.3 Å². The van der Waals surface area contributed by atoms with E-state index >= 15 is 0 Å². The van der Waals surface area contributed by atoms with Crippen molar-refractivity contribution in [3.8, 4) is 0 Å². The van der Waals surface area contributed by atoms with E-state index < -0.39 is 11.6 Å². The molecule has 0 bridgehead atoms. The monoisotopic (exact) mass is 271 g/mol. The summed E-state index contributed by atoms with van der Waals surface area (Å²) in [4.78, 5) is 27.9. The molecule has 3 aliphatic rings. The molecule has 1 saturated carbocycles. The van der Waals surface area contributed by atoms with E-state index in [1.54, 1.807) is 0 Å². The van der Waals surface area contributed by atoms with Crippen LogP contribution in [0.5, 0.6) is 0 Å². The number of rotatable bonds is 1. The molecule has 2 heterocycles. The highest BCUT2D eigenvalue weighted by atomic mass is 17.3. The third kappa shape index (κ3) is 2.50. The zero-order valence-electron chi connectivity index (χ0n) is 11.4. The van der Waals surface area contributed by atoms with Gasteiger partial charge in [-0.05, 0) is 12.8 Å². The van der Waals surface area contributed by atoms with Crippen LogP contribution in [0.15, 0.2) is 0 Å². The van der Waals surface area contributed by atoms with E-state index in [1.807, 2.05) is 0 Å². The van der Waals surface area contributed by atoms with E-state index in [2.05, 4.69) is 0 Å². The third-order valence-electron chi connectivity index (χ3n) is 4.25. The number of hydrogen-bond donors (Lipinski definition) is 0. The molecule has 2 aliphatic heterocycles. The van der Waals surface area contributed by atoms with Crippen LogP contribution in [0.2, 0.25) is 0 Å². The maximum atomic E-state index is 11.8. The highest BCUT2D eigenvalue weighted by Gasteiger charge is 2.54. The van der Waals surface area contributed by atoms with Crippen molar-refractivity contribution in [1.29, 1.82) is 0 Å². The van der Waals surface area contributed by atoms with Crippen molar-refractivity contribution in [2.45, 2.75) is 62.9 Å². The summed E-state index contributed by atoms with van der Waals surface area (Å²) in [7, 11) is 1.51. The van der Waals surface area contributed by atoms with Gasteiger partial charge in [-0.3, -0.25) is 9.63 Å². The fourth-order valence-corrected chi connectivity index (χ4v) is 3.12. The molecule has 3 rings (SSSR count). The van der Waals surface area contributed by atoms with Gasteiger partial charge in [0.1, 0.15) is 0 Å². The van der Waals surface area contributed by atoms with Crippen LogP contribution in [0.1, 0.15) is 51.4 Å². The lowest BCUT2D eigenvalue weighted by atomic mass is 9.94. The smallest absolute Gasteiger partial charge is 0.246 e. The van der Waals surface area contributed by atoms with Gasteiger partial charge in [0.25, 0.3) is 0 Å². The molecule has 1 unspecified atom stereocenters. The van der Waals surface area contributed by atoms with E-state index in [0.29, 0.717) is 25.8 Å². The number of carbonyl (C=O) groups excluding carboxylic acids is 1. The summed E-state index contributed by atoms with van der Waals surface area (Å²) in [5.41, 5.74) is 0. The number of carbonyl (C=O) groups is 1. The minimum absolute atomic E-state index is 0.0313. The predicted molar refractivity (Wildman–Crippen MR) is 64.4 cm³/mol. The van der Waals surface area contributed by atoms with Crippen LogP contribution in [0.25, 0.3) is 0 Å². The lowest BCUT2D eigenvalue weighted by Crippen LogP contribution is -2.38. The third-order valence-corrected chi connectivity index (χ3v) is 4.25. The molecule has 1 amide bonds. The van der Waals surface area contributed by atoms with Crippen LogP contribution in [0, 0.1) is 0 Å². The van der Waals surface area contributed by atoms with Crippen molar-refractivity contribution in [3.05, 3.63) is 0 Å². The topological polar surface area (TPSA) is 57.2 Å². The fourth-order valence-electron chi connectivity index (χ4n) is 3.12. The summed E-state index contributed by atoms with van der Waals surface area (Å²) in [5.74, 6) is -1.39. The molecule has 0 radical (unpaired) electrons. The lowest BCUT2D eigenvalue weighted by molar-refractivity contribution is -0.356. The average Bonchev–Trinajstić information content (AvgIpc) is 2.68. The maximum absolute atomic E-state index is 11.8. The Balaban J connectivity index is 1.69. The molecule has 0 aromatic rings. The first kappa shape index (κ1) is 13.3. The number of ether oxygens (including phenoxy) is 1. The Labute approximate surface area is 112 Å².